The second-order valence-corrected chi connectivity index (χ2v) is 8.77. The van der Waals surface area contributed by atoms with Gasteiger partial charge in [0, 0.05) is 10.0 Å². The smallest absolute Gasteiger partial charge is 0.176 e. The highest BCUT2D eigenvalue weighted by Gasteiger charge is 2.32. The molecule has 4 rings (SSSR count). The van der Waals surface area contributed by atoms with Crippen LogP contribution in [-0.2, 0) is 0 Å². The second kappa shape index (κ2) is 8.12. The number of nitrogens with one attached hydrogen (secondary N) is 2. The Balaban J connectivity index is 1.63. The van der Waals surface area contributed by atoms with E-state index in [9.17, 15) is 9.18 Å². The zero-order chi connectivity index (χ0) is 18.8. The van der Waals surface area contributed by atoms with E-state index in [1.807, 2.05) is 24.3 Å². The number of ketones is 1. The first-order valence-corrected chi connectivity index (χ1v) is 10.6. The van der Waals surface area contributed by atoms with Crippen LogP contribution in [0.5, 0.6) is 0 Å². The zero-order valence-electron chi connectivity index (χ0n) is 14.5. The summed E-state index contributed by atoms with van der Waals surface area (Å²) < 4.78 is 14.4. The van der Waals surface area contributed by atoms with Gasteiger partial charge in [-0.2, -0.15) is 0 Å². The lowest BCUT2D eigenvalue weighted by molar-refractivity contribution is 0.0962. The zero-order valence-corrected chi connectivity index (χ0v) is 16.9. The van der Waals surface area contributed by atoms with Gasteiger partial charge in [-0.1, -0.05) is 39.8 Å². The molecule has 2 N–H and O–H groups in total. The highest BCUT2D eigenvalue weighted by atomic mass is 79.9. The molecular weight excluding hydrogens is 429 g/mol. The lowest BCUT2D eigenvalue weighted by Crippen LogP contribution is -2.39. The van der Waals surface area contributed by atoms with Crippen LogP contribution < -0.4 is 5.32 Å². The quantitative estimate of drug-likeness (QED) is 0.435. The molecule has 7 heteroatoms. The number of thioether (sulfide) groups is 1. The van der Waals surface area contributed by atoms with Gasteiger partial charge in [-0.3, -0.25) is 4.79 Å². The third-order valence-electron chi connectivity index (χ3n) is 4.81. The van der Waals surface area contributed by atoms with Gasteiger partial charge < -0.3 is 10.3 Å². The fourth-order valence-corrected chi connectivity index (χ4v) is 4.91. The Hall–Kier alpha value is -1.70. The Labute approximate surface area is 169 Å². The van der Waals surface area contributed by atoms with E-state index in [0.29, 0.717) is 21.8 Å². The van der Waals surface area contributed by atoms with Crippen LogP contribution in [0.4, 0.5) is 4.39 Å². The average Bonchev–Trinajstić information content (AvgIpc) is 3.08. The number of hydrogen-bond donors (Lipinski definition) is 2. The molecule has 2 unspecified atom stereocenters. The lowest BCUT2D eigenvalue weighted by Gasteiger charge is -2.29. The molecule has 0 radical (unpaired) electrons. The number of carbonyl (C=O) groups excluding carboxylic acids is 1. The molecular formula is C20H19BrFN3OS. The monoisotopic (exact) mass is 447 g/mol. The third-order valence-corrected chi connectivity index (χ3v) is 6.61. The molecule has 1 aliphatic rings. The number of H-pyrrole nitrogens is 1. The van der Waals surface area contributed by atoms with Crippen molar-refractivity contribution in [3.63, 3.8) is 0 Å². The standard InChI is InChI=1S/C20H19BrFN3OS/c21-14-5-3-12(4-6-14)18(26)19(13-2-1-9-23-11-13)27-20-24-16-8-7-15(22)10-17(16)25-20/h3-8,10,13,19,23H,1-2,9,11H2,(H,24,25). The van der Waals surface area contributed by atoms with Crippen molar-refractivity contribution in [2.45, 2.75) is 23.2 Å². The Kier molecular flexibility index (Phi) is 5.61. The molecule has 4 nitrogen and oxygen atoms in total. The molecule has 3 aromatic rings. The molecule has 1 saturated heterocycles. The van der Waals surface area contributed by atoms with E-state index in [0.717, 1.165) is 30.4 Å². The van der Waals surface area contributed by atoms with Crippen LogP contribution >= 0.6 is 27.7 Å². The first kappa shape index (κ1) is 18.7. The molecule has 0 aliphatic carbocycles. The first-order chi connectivity index (χ1) is 13.1. The molecule has 0 amide bonds. The van der Waals surface area contributed by atoms with Gasteiger partial charge in [0.05, 0.1) is 16.3 Å². The van der Waals surface area contributed by atoms with Crippen LogP contribution in [0.1, 0.15) is 23.2 Å². The summed E-state index contributed by atoms with van der Waals surface area (Å²) >= 11 is 4.86. The fourth-order valence-electron chi connectivity index (χ4n) is 3.41. The van der Waals surface area contributed by atoms with Gasteiger partial charge in [-0.25, -0.2) is 9.37 Å². The number of imidazole rings is 1. The van der Waals surface area contributed by atoms with Crippen molar-refractivity contribution < 1.29 is 9.18 Å². The minimum atomic E-state index is -0.304. The SMILES string of the molecule is O=C(c1ccc(Br)cc1)C(Sc1nc2ccc(F)cc2[nH]1)C1CCCNC1. The van der Waals surface area contributed by atoms with E-state index < -0.39 is 0 Å². The van der Waals surface area contributed by atoms with Crippen molar-refractivity contribution in [1.29, 1.82) is 0 Å². The number of piperidine rings is 1. The first-order valence-electron chi connectivity index (χ1n) is 8.92. The molecule has 27 heavy (non-hydrogen) atoms. The van der Waals surface area contributed by atoms with Crippen LogP contribution in [0.15, 0.2) is 52.1 Å². The van der Waals surface area contributed by atoms with Crippen molar-refractivity contribution in [3.8, 4) is 0 Å². The predicted octanol–water partition coefficient (Wildman–Crippen LogP) is 4.81. The number of rotatable bonds is 5. The highest BCUT2D eigenvalue weighted by molar-refractivity contribution is 9.10. The Morgan fingerprint density at radius 2 is 2.07 bits per heavy atom. The summed E-state index contributed by atoms with van der Waals surface area (Å²) in [6.07, 6.45) is 2.06. The van der Waals surface area contributed by atoms with Crippen LogP contribution in [0.2, 0.25) is 0 Å². The minimum absolute atomic E-state index is 0.104. The number of benzene rings is 2. The Morgan fingerprint density at radius 3 is 2.81 bits per heavy atom. The number of carbonyl (C=O) groups is 1. The van der Waals surface area contributed by atoms with Gasteiger partial charge in [0.15, 0.2) is 10.9 Å². The average molecular weight is 448 g/mol. The summed E-state index contributed by atoms with van der Waals surface area (Å²) in [5, 5.41) is 3.80. The van der Waals surface area contributed by atoms with Crippen LogP contribution in [0.25, 0.3) is 11.0 Å². The van der Waals surface area contributed by atoms with Gasteiger partial charge in [-0.05, 0) is 62.2 Å². The summed E-state index contributed by atoms with van der Waals surface area (Å²) in [5.74, 6) is 0.0272. The fraction of sp³-hybridized carbons (Fsp3) is 0.300. The maximum atomic E-state index is 13.5. The number of fused-ring (bicyclic) bond motifs is 1. The van der Waals surface area contributed by atoms with Crippen molar-refractivity contribution in [1.82, 2.24) is 15.3 Å². The number of halogens is 2. The largest absolute Gasteiger partial charge is 0.333 e. The molecule has 2 heterocycles. The lowest BCUT2D eigenvalue weighted by atomic mass is 9.91. The van der Waals surface area contributed by atoms with Gasteiger partial charge in [0.25, 0.3) is 0 Å². The van der Waals surface area contributed by atoms with Crippen molar-refractivity contribution in [2.24, 2.45) is 5.92 Å². The van der Waals surface area contributed by atoms with E-state index in [2.05, 4.69) is 31.2 Å². The van der Waals surface area contributed by atoms with Crippen molar-refractivity contribution >= 4 is 44.5 Å². The molecule has 1 aromatic heterocycles. The van der Waals surface area contributed by atoms with E-state index in [-0.39, 0.29) is 22.8 Å². The van der Waals surface area contributed by atoms with Gasteiger partial charge in [0.1, 0.15) is 5.82 Å². The number of nitrogens with zero attached hydrogens (tertiary/aromatic N) is 1. The molecule has 0 saturated carbocycles. The van der Waals surface area contributed by atoms with Crippen molar-refractivity contribution in [3.05, 3.63) is 58.3 Å². The van der Waals surface area contributed by atoms with Gasteiger partial charge >= 0.3 is 0 Å². The van der Waals surface area contributed by atoms with Gasteiger partial charge in [0.2, 0.25) is 0 Å². The van der Waals surface area contributed by atoms with Gasteiger partial charge in [-0.15, -0.1) is 0 Å². The maximum absolute atomic E-state index is 13.5. The van der Waals surface area contributed by atoms with E-state index in [1.54, 1.807) is 6.07 Å². The Bertz CT molecular complexity index is 954. The normalized spacial score (nSPS) is 18.5. The topological polar surface area (TPSA) is 57.8 Å². The predicted molar refractivity (Wildman–Crippen MR) is 110 cm³/mol. The minimum Gasteiger partial charge on any atom is -0.333 e. The number of aromatic amines is 1. The van der Waals surface area contributed by atoms with Crippen LogP contribution in [-0.4, -0.2) is 34.1 Å². The molecule has 0 spiro atoms. The molecule has 1 aliphatic heterocycles. The summed E-state index contributed by atoms with van der Waals surface area (Å²) in [5.41, 5.74) is 2.05. The van der Waals surface area contributed by atoms with Crippen molar-refractivity contribution in [2.75, 3.05) is 13.1 Å². The van der Waals surface area contributed by atoms with Crippen LogP contribution in [0, 0.1) is 11.7 Å². The summed E-state index contributed by atoms with van der Waals surface area (Å²) in [6, 6.07) is 12.0. The molecule has 2 aromatic carbocycles. The molecule has 140 valence electrons. The molecule has 1 fully saturated rings. The van der Waals surface area contributed by atoms with E-state index in [1.165, 1.54) is 23.9 Å². The van der Waals surface area contributed by atoms with Crippen LogP contribution in [0.3, 0.4) is 0 Å². The second-order valence-electron chi connectivity index (χ2n) is 6.72. The maximum Gasteiger partial charge on any atom is 0.176 e. The summed E-state index contributed by atoms with van der Waals surface area (Å²) in [7, 11) is 0. The van der Waals surface area contributed by atoms with E-state index in [4.69, 9.17) is 0 Å². The Morgan fingerprint density at radius 1 is 1.26 bits per heavy atom. The number of hydrogen-bond acceptors (Lipinski definition) is 4. The summed E-state index contributed by atoms with van der Waals surface area (Å²) in [4.78, 5) is 21.0. The van der Waals surface area contributed by atoms with E-state index >= 15 is 0 Å². The highest BCUT2D eigenvalue weighted by Crippen LogP contribution is 2.33. The molecule has 0 bridgehead atoms. The number of Topliss-reactive ketones (excluding diaryl/α,β-unsaturated/α-hetero) is 1. The third kappa shape index (κ3) is 4.25. The summed E-state index contributed by atoms with van der Waals surface area (Å²) in [6.45, 7) is 1.80. The number of aromatic nitrogens is 2. The molecule has 2 atom stereocenters.